The molecule has 2 rings (SSSR count). The lowest BCUT2D eigenvalue weighted by molar-refractivity contribution is 0.140. The summed E-state index contributed by atoms with van der Waals surface area (Å²) in [5.74, 6) is 1.74. The quantitative estimate of drug-likeness (QED) is 0.843. The summed E-state index contributed by atoms with van der Waals surface area (Å²) in [5.41, 5.74) is 0. The normalized spacial score (nSPS) is 16.6. The third-order valence-corrected chi connectivity index (χ3v) is 4.61. The molecule has 1 unspecified atom stereocenters. The zero-order valence-electron chi connectivity index (χ0n) is 15.1. The van der Waals surface area contributed by atoms with Crippen LogP contribution in [0.5, 0.6) is 0 Å². The predicted octanol–water partition coefficient (Wildman–Crippen LogP) is 2.28. The maximum absolute atomic E-state index is 12.4. The van der Waals surface area contributed by atoms with Crippen molar-refractivity contribution in [2.75, 3.05) is 33.2 Å². The van der Waals surface area contributed by atoms with Crippen molar-refractivity contribution in [2.24, 2.45) is 0 Å². The van der Waals surface area contributed by atoms with Crippen LogP contribution >= 0.6 is 12.4 Å². The molecule has 0 bridgehead atoms. The number of likely N-dealkylation sites (N-methyl/N-ethyl adjacent to an activating group) is 1. The number of amides is 2. The Morgan fingerprint density at radius 3 is 2.54 bits per heavy atom. The molecule has 1 N–H and O–H groups in total. The highest BCUT2D eigenvalue weighted by Crippen LogP contribution is 2.27. The Hall–Kier alpha value is -1.34. The minimum Gasteiger partial charge on any atom is -0.339 e. The molecule has 0 aliphatic carbocycles. The highest BCUT2D eigenvalue weighted by Gasteiger charge is 2.29. The van der Waals surface area contributed by atoms with Crippen molar-refractivity contribution in [3.05, 3.63) is 11.7 Å². The van der Waals surface area contributed by atoms with Crippen molar-refractivity contribution >= 4 is 18.4 Å². The van der Waals surface area contributed by atoms with E-state index in [0.717, 1.165) is 57.2 Å². The number of carbonyl (C=O) groups is 1. The van der Waals surface area contributed by atoms with E-state index in [1.165, 1.54) is 0 Å². The molecule has 0 radical (unpaired) electrons. The van der Waals surface area contributed by atoms with Gasteiger partial charge in [0.05, 0.1) is 0 Å². The average molecular weight is 360 g/mol. The van der Waals surface area contributed by atoms with E-state index in [0.29, 0.717) is 6.04 Å². The minimum absolute atomic E-state index is 0. The van der Waals surface area contributed by atoms with Gasteiger partial charge in [0, 0.05) is 44.6 Å². The largest absolute Gasteiger partial charge is 0.339 e. The van der Waals surface area contributed by atoms with Gasteiger partial charge in [-0.25, -0.2) is 4.79 Å². The lowest BCUT2D eigenvalue weighted by Gasteiger charge is -2.34. The Morgan fingerprint density at radius 2 is 2.00 bits per heavy atom. The monoisotopic (exact) mass is 359 g/mol. The van der Waals surface area contributed by atoms with Crippen LogP contribution in [-0.2, 0) is 6.42 Å². The van der Waals surface area contributed by atoms with Gasteiger partial charge in [-0.05, 0) is 40.7 Å². The van der Waals surface area contributed by atoms with Crippen LogP contribution in [-0.4, -0.2) is 65.2 Å². The van der Waals surface area contributed by atoms with Crippen molar-refractivity contribution in [1.29, 1.82) is 0 Å². The summed E-state index contributed by atoms with van der Waals surface area (Å²) in [6, 6.07) is 0.469. The second-order valence-corrected chi connectivity index (χ2v) is 6.16. The van der Waals surface area contributed by atoms with E-state index in [2.05, 4.69) is 22.4 Å². The third kappa shape index (κ3) is 5.08. The molecule has 2 heterocycles. The topological polar surface area (TPSA) is 74.5 Å². The molecule has 1 fully saturated rings. The Kier molecular flexibility index (Phi) is 8.48. The number of halogens is 1. The number of piperidine rings is 1. The van der Waals surface area contributed by atoms with E-state index in [1.54, 1.807) is 0 Å². The highest BCUT2D eigenvalue weighted by atomic mass is 35.5. The van der Waals surface area contributed by atoms with Gasteiger partial charge in [-0.2, -0.15) is 4.98 Å². The molecule has 1 aromatic rings. The standard InChI is InChI=1S/C16H29N5O2.ClH/c1-5-20(6-2)16(22)21-9-7-13(8-10-21)15-18-14(19-23-15)11-12(3)17-4;/h12-13,17H,5-11H2,1-4H3;1H. The Bertz CT molecular complexity index is 498. The van der Waals surface area contributed by atoms with Gasteiger partial charge in [0.25, 0.3) is 0 Å². The van der Waals surface area contributed by atoms with Crippen molar-refractivity contribution in [3.8, 4) is 0 Å². The molecular formula is C16H30ClN5O2. The summed E-state index contributed by atoms with van der Waals surface area (Å²) in [5, 5.41) is 7.24. The molecule has 8 heteroatoms. The Balaban J connectivity index is 0.00000288. The highest BCUT2D eigenvalue weighted by molar-refractivity contribution is 5.85. The first kappa shape index (κ1) is 20.7. The van der Waals surface area contributed by atoms with Crippen LogP contribution in [0.25, 0.3) is 0 Å². The molecule has 0 aromatic carbocycles. The zero-order chi connectivity index (χ0) is 16.8. The molecular weight excluding hydrogens is 330 g/mol. The van der Waals surface area contributed by atoms with E-state index in [4.69, 9.17) is 4.52 Å². The molecule has 1 atom stereocenters. The molecule has 1 saturated heterocycles. The lowest BCUT2D eigenvalue weighted by atomic mass is 9.97. The first-order valence-corrected chi connectivity index (χ1v) is 8.62. The SMILES string of the molecule is CCN(CC)C(=O)N1CCC(c2nc(CC(C)NC)no2)CC1.Cl. The van der Waals surface area contributed by atoms with E-state index in [-0.39, 0.29) is 24.4 Å². The van der Waals surface area contributed by atoms with Gasteiger partial charge >= 0.3 is 6.03 Å². The summed E-state index contributed by atoms with van der Waals surface area (Å²) in [7, 11) is 1.92. The van der Waals surface area contributed by atoms with Gasteiger partial charge in [-0.1, -0.05) is 5.16 Å². The number of aromatic nitrogens is 2. The van der Waals surface area contributed by atoms with Crippen LogP contribution in [0, 0.1) is 0 Å². The molecule has 7 nitrogen and oxygen atoms in total. The van der Waals surface area contributed by atoms with Crippen LogP contribution in [0.2, 0.25) is 0 Å². The molecule has 0 spiro atoms. The number of carbonyl (C=O) groups excluding carboxylic acids is 1. The average Bonchev–Trinajstić information content (AvgIpc) is 3.04. The molecule has 2 amide bonds. The van der Waals surface area contributed by atoms with E-state index >= 15 is 0 Å². The summed E-state index contributed by atoms with van der Waals surface area (Å²) < 4.78 is 5.43. The van der Waals surface area contributed by atoms with Gasteiger partial charge in [-0.3, -0.25) is 0 Å². The summed E-state index contributed by atoms with van der Waals surface area (Å²) in [6.07, 6.45) is 2.53. The van der Waals surface area contributed by atoms with Crippen molar-refractivity contribution < 1.29 is 9.32 Å². The molecule has 1 aliphatic heterocycles. The molecule has 0 saturated carbocycles. The number of nitrogens with one attached hydrogen (secondary N) is 1. The van der Waals surface area contributed by atoms with E-state index < -0.39 is 0 Å². The number of rotatable bonds is 6. The molecule has 1 aliphatic rings. The first-order valence-electron chi connectivity index (χ1n) is 8.62. The fourth-order valence-corrected chi connectivity index (χ4v) is 2.90. The maximum atomic E-state index is 12.4. The van der Waals surface area contributed by atoms with Gasteiger partial charge in [0.15, 0.2) is 5.82 Å². The van der Waals surface area contributed by atoms with Gasteiger partial charge in [0.1, 0.15) is 0 Å². The van der Waals surface area contributed by atoms with Crippen molar-refractivity contribution in [1.82, 2.24) is 25.3 Å². The summed E-state index contributed by atoms with van der Waals surface area (Å²) in [4.78, 5) is 20.7. The number of likely N-dealkylation sites (tertiary alicyclic amines) is 1. The third-order valence-electron chi connectivity index (χ3n) is 4.61. The van der Waals surface area contributed by atoms with Gasteiger partial charge in [-0.15, -0.1) is 12.4 Å². The second kappa shape index (κ2) is 9.84. The van der Waals surface area contributed by atoms with Crippen molar-refractivity contribution in [2.45, 2.75) is 52.0 Å². The molecule has 24 heavy (non-hydrogen) atoms. The van der Waals surface area contributed by atoms with Crippen LogP contribution in [0.3, 0.4) is 0 Å². The number of hydrogen-bond acceptors (Lipinski definition) is 5. The molecule has 1 aromatic heterocycles. The van der Waals surface area contributed by atoms with E-state index in [1.807, 2.05) is 30.7 Å². The lowest BCUT2D eigenvalue weighted by Crippen LogP contribution is -2.46. The number of nitrogens with zero attached hydrogens (tertiary/aromatic N) is 4. The van der Waals surface area contributed by atoms with Crippen LogP contribution in [0.1, 0.15) is 51.2 Å². The minimum atomic E-state index is 0. The summed E-state index contributed by atoms with van der Waals surface area (Å²) >= 11 is 0. The molecule has 138 valence electrons. The van der Waals surface area contributed by atoms with Crippen LogP contribution in [0.4, 0.5) is 4.79 Å². The Morgan fingerprint density at radius 1 is 1.38 bits per heavy atom. The maximum Gasteiger partial charge on any atom is 0.319 e. The van der Waals surface area contributed by atoms with Gasteiger partial charge < -0.3 is 19.6 Å². The van der Waals surface area contributed by atoms with Gasteiger partial charge in [0.2, 0.25) is 5.89 Å². The second-order valence-electron chi connectivity index (χ2n) is 6.16. The smallest absolute Gasteiger partial charge is 0.319 e. The predicted molar refractivity (Wildman–Crippen MR) is 95.6 cm³/mol. The van der Waals surface area contributed by atoms with E-state index in [9.17, 15) is 4.79 Å². The summed E-state index contributed by atoms with van der Waals surface area (Å²) in [6.45, 7) is 9.14. The van der Waals surface area contributed by atoms with Crippen LogP contribution in [0.15, 0.2) is 4.52 Å². The zero-order valence-corrected chi connectivity index (χ0v) is 15.9. The van der Waals surface area contributed by atoms with Crippen LogP contribution < -0.4 is 5.32 Å². The Labute approximate surface area is 150 Å². The fourth-order valence-electron chi connectivity index (χ4n) is 2.90. The first-order chi connectivity index (χ1) is 11.1. The number of urea groups is 1. The fraction of sp³-hybridized carbons (Fsp3) is 0.812. The number of hydrogen-bond donors (Lipinski definition) is 1. The van der Waals surface area contributed by atoms with Crippen molar-refractivity contribution in [3.63, 3.8) is 0 Å².